The Morgan fingerprint density at radius 2 is 1.94 bits per heavy atom. The van der Waals surface area contributed by atoms with E-state index in [1.165, 1.54) is 12.8 Å². The molecule has 1 aromatic rings. The Bertz CT molecular complexity index is 375. The lowest BCUT2D eigenvalue weighted by Crippen LogP contribution is -2.24. The van der Waals surface area contributed by atoms with Crippen molar-refractivity contribution in [2.75, 3.05) is 5.32 Å². The number of aryl methyl sites for hydroxylation is 2. The molecule has 3 nitrogen and oxygen atoms in total. The molecular weight excluding hydrogens is 198 g/mol. The van der Waals surface area contributed by atoms with Crippen molar-refractivity contribution >= 4 is 5.82 Å². The van der Waals surface area contributed by atoms with Crippen LogP contribution in [0.2, 0.25) is 0 Å². The Kier molecular flexibility index (Phi) is 3.13. The van der Waals surface area contributed by atoms with Crippen LogP contribution in [0.1, 0.15) is 38.1 Å². The normalized spacial score (nSPS) is 29.4. The van der Waals surface area contributed by atoms with Crippen molar-refractivity contribution in [1.82, 2.24) is 9.97 Å². The number of nitrogens with zero attached hydrogens (tertiary/aromatic N) is 2. The van der Waals surface area contributed by atoms with Gasteiger partial charge in [0.25, 0.3) is 0 Å². The summed E-state index contributed by atoms with van der Waals surface area (Å²) in [5.74, 6) is 2.47. The largest absolute Gasteiger partial charge is 0.366 e. The van der Waals surface area contributed by atoms with E-state index in [0.29, 0.717) is 6.04 Å². The highest BCUT2D eigenvalue weighted by Gasteiger charge is 2.29. The number of nitrogens with one attached hydrogen (secondary N) is 1. The van der Waals surface area contributed by atoms with E-state index in [-0.39, 0.29) is 0 Å². The van der Waals surface area contributed by atoms with Gasteiger partial charge in [-0.1, -0.05) is 13.8 Å². The molecule has 1 aliphatic carbocycles. The predicted molar refractivity (Wildman–Crippen MR) is 66.5 cm³/mol. The Morgan fingerprint density at radius 1 is 1.19 bits per heavy atom. The van der Waals surface area contributed by atoms with Gasteiger partial charge in [-0.3, -0.25) is 4.98 Å². The summed E-state index contributed by atoms with van der Waals surface area (Å²) in [6.45, 7) is 8.66. The van der Waals surface area contributed by atoms with Crippen molar-refractivity contribution in [3.8, 4) is 0 Å². The lowest BCUT2D eigenvalue weighted by Gasteiger charge is -2.20. The van der Waals surface area contributed by atoms with Crippen molar-refractivity contribution < 1.29 is 0 Å². The van der Waals surface area contributed by atoms with E-state index < -0.39 is 0 Å². The topological polar surface area (TPSA) is 37.8 Å². The molecular formula is C13H21N3. The molecule has 3 unspecified atom stereocenters. The Balaban J connectivity index is 2.07. The lowest BCUT2D eigenvalue weighted by molar-refractivity contribution is 0.435. The van der Waals surface area contributed by atoms with Crippen LogP contribution >= 0.6 is 0 Å². The lowest BCUT2D eigenvalue weighted by atomic mass is 9.98. The van der Waals surface area contributed by atoms with Gasteiger partial charge in [0.15, 0.2) is 0 Å². The molecule has 0 aromatic carbocycles. The minimum atomic E-state index is 0.561. The van der Waals surface area contributed by atoms with E-state index in [9.17, 15) is 0 Å². The van der Waals surface area contributed by atoms with Gasteiger partial charge in [-0.05, 0) is 38.5 Å². The van der Waals surface area contributed by atoms with Crippen LogP contribution in [0.4, 0.5) is 5.82 Å². The second kappa shape index (κ2) is 4.40. The molecule has 1 N–H and O–H groups in total. The van der Waals surface area contributed by atoms with E-state index >= 15 is 0 Å². The molecule has 16 heavy (non-hydrogen) atoms. The summed E-state index contributed by atoms with van der Waals surface area (Å²) >= 11 is 0. The molecule has 1 heterocycles. The smallest absolute Gasteiger partial charge is 0.145 e. The van der Waals surface area contributed by atoms with Crippen LogP contribution in [-0.4, -0.2) is 16.0 Å². The van der Waals surface area contributed by atoms with Crippen LogP contribution in [0.15, 0.2) is 6.20 Å². The van der Waals surface area contributed by atoms with Crippen LogP contribution in [0.5, 0.6) is 0 Å². The predicted octanol–water partition coefficient (Wildman–Crippen LogP) is 2.94. The van der Waals surface area contributed by atoms with E-state index in [2.05, 4.69) is 29.1 Å². The van der Waals surface area contributed by atoms with Crippen LogP contribution in [0.3, 0.4) is 0 Å². The third kappa shape index (κ3) is 2.18. The second-order valence-corrected chi connectivity index (χ2v) is 5.09. The number of rotatable bonds is 2. The third-order valence-corrected chi connectivity index (χ3v) is 3.99. The first-order valence-corrected chi connectivity index (χ1v) is 6.14. The molecule has 0 saturated heterocycles. The minimum absolute atomic E-state index is 0.561. The fourth-order valence-corrected chi connectivity index (χ4v) is 2.37. The first kappa shape index (κ1) is 11.4. The van der Waals surface area contributed by atoms with Crippen molar-refractivity contribution in [2.24, 2.45) is 11.8 Å². The average molecular weight is 219 g/mol. The van der Waals surface area contributed by atoms with E-state index in [1.54, 1.807) is 0 Å². The summed E-state index contributed by atoms with van der Waals surface area (Å²) < 4.78 is 0. The average Bonchev–Trinajstić information content (AvgIpc) is 2.55. The van der Waals surface area contributed by atoms with E-state index in [4.69, 9.17) is 0 Å². The highest BCUT2D eigenvalue weighted by Crippen LogP contribution is 2.32. The molecule has 3 atom stereocenters. The molecule has 0 aliphatic heterocycles. The van der Waals surface area contributed by atoms with Gasteiger partial charge < -0.3 is 5.32 Å². The van der Waals surface area contributed by atoms with Gasteiger partial charge in [-0.25, -0.2) is 4.98 Å². The molecule has 88 valence electrons. The number of anilines is 1. The zero-order valence-corrected chi connectivity index (χ0v) is 10.6. The third-order valence-electron chi connectivity index (χ3n) is 3.99. The van der Waals surface area contributed by atoms with Crippen LogP contribution in [0, 0.1) is 25.7 Å². The summed E-state index contributed by atoms with van der Waals surface area (Å²) in [6.07, 6.45) is 4.41. The quantitative estimate of drug-likeness (QED) is 0.831. The molecule has 1 saturated carbocycles. The standard InChI is InChI=1S/C13H21N3/c1-8-5-6-12(9(8)2)16-13-7-14-10(3)11(4)15-13/h7-9,12H,5-6H2,1-4H3,(H,15,16). The van der Waals surface area contributed by atoms with E-state index in [1.807, 2.05) is 20.0 Å². The molecule has 1 aliphatic rings. The molecule has 0 bridgehead atoms. The van der Waals surface area contributed by atoms with Crippen molar-refractivity contribution in [1.29, 1.82) is 0 Å². The number of hydrogen-bond acceptors (Lipinski definition) is 3. The SMILES string of the molecule is Cc1ncc(NC2CCC(C)C2C)nc1C. The molecule has 0 spiro atoms. The molecule has 0 amide bonds. The number of aromatic nitrogens is 2. The van der Waals surface area contributed by atoms with Gasteiger partial charge in [-0.15, -0.1) is 0 Å². The fraction of sp³-hybridized carbons (Fsp3) is 0.692. The highest BCUT2D eigenvalue weighted by atomic mass is 15.0. The maximum Gasteiger partial charge on any atom is 0.145 e. The van der Waals surface area contributed by atoms with Gasteiger partial charge in [0.05, 0.1) is 17.6 Å². The Morgan fingerprint density at radius 3 is 2.50 bits per heavy atom. The maximum atomic E-state index is 4.52. The zero-order valence-electron chi connectivity index (χ0n) is 10.6. The van der Waals surface area contributed by atoms with Crippen molar-refractivity contribution in [2.45, 2.75) is 46.6 Å². The first-order valence-electron chi connectivity index (χ1n) is 6.14. The van der Waals surface area contributed by atoms with Crippen molar-refractivity contribution in [3.63, 3.8) is 0 Å². The first-order chi connectivity index (χ1) is 7.58. The minimum Gasteiger partial charge on any atom is -0.366 e. The van der Waals surface area contributed by atoms with E-state index in [0.717, 1.165) is 29.0 Å². The molecule has 2 rings (SSSR count). The van der Waals surface area contributed by atoms with Crippen LogP contribution in [0.25, 0.3) is 0 Å². The molecule has 0 radical (unpaired) electrons. The maximum absolute atomic E-state index is 4.52. The molecule has 3 heteroatoms. The summed E-state index contributed by atoms with van der Waals surface area (Å²) in [5.41, 5.74) is 2.03. The summed E-state index contributed by atoms with van der Waals surface area (Å²) in [7, 11) is 0. The monoisotopic (exact) mass is 219 g/mol. The van der Waals surface area contributed by atoms with Gasteiger partial charge in [0, 0.05) is 6.04 Å². The second-order valence-electron chi connectivity index (χ2n) is 5.09. The molecule has 1 aromatic heterocycles. The van der Waals surface area contributed by atoms with Gasteiger partial charge in [-0.2, -0.15) is 0 Å². The summed E-state index contributed by atoms with van der Waals surface area (Å²) in [6, 6.07) is 0.561. The Hall–Kier alpha value is -1.12. The summed E-state index contributed by atoms with van der Waals surface area (Å²) in [4.78, 5) is 8.86. The van der Waals surface area contributed by atoms with Gasteiger partial charge in [0.2, 0.25) is 0 Å². The highest BCUT2D eigenvalue weighted by molar-refractivity contribution is 5.35. The Labute approximate surface area is 97.7 Å². The van der Waals surface area contributed by atoms with Gasteiger partial charge >= 0.3 is 0 Å². The van der Waals surface area contributed by atoms with Crippen LogP contribution < -0.4 is 5.32 Å². The fourth-order valence-electron chi connectivity index (χ4n) is 2.37. The van der Waals surface area contributed by atoms with Gasteiger partial charge in [0.1, 0.15) is 5.82 Å². The van der Waals surface area contributed by atoms with Crippen molar-refractivity contribution in [3.05, 3.63) is 17.6 Å². The summed E-state index contributed by atoms with van der Waals surface area (Å²) in [5, 5.41) is 3.52. The number of hydrogen-bond donors (Lipinski definition) is 1. The van der Waals surface area contributed by atoms with Crippen LogP contribution in [-0.2, 0) is 0 Å². The molecule has 1 fully saturated rings. The zero-order chi connectivity index (χ0) is 11.7.